The molecule has 2 unspecified atom stereocenters. The maximum atomic E-state index is 13.2. The average molecular weight is 540 g/mol. The number of thioether (sulfide) groups is 1. The first-order valence-electron chi connectivity index (χ1n) is 12.3. The maximum Gasteiger partial charge on any atom is 0.227 e. The zero-order valence-corrected chi connectivity index (χ0v) is 22.6. The molecule has 0 fully saturated rings. The molecule has 3 aromatic rings. The highest BCUT2D eigenvalue weighted by molar-refractivity contribution is 8.15. The van der Waals surface area contributed by atoms with Crippen LogP contribution >= 0.6 is 11.8 Å². The van der Waals surface area contributed by atoms with E-state index in [9.17, 15) is 13.7 Å². The van der Waals surface area contributed by atoms with Crippen LogP contribution in [-0.2, 0) is 10.0 Å². The van der Waals surface area contributed by atoms with Gasteiger partial charge in [-0.15, -0.1) is 0 Å². The number of hydrogen-bond acceptors (Lipinski definition) is 9. The van der Waals surface area contributed by atoms with Gasteiger partial charge in [0.2, 0.25) is 15.8 Å². The summed E-state index contributed by atoms with van der Waals surface area (Å²) in [5.41, 5.74) is 3.95. The van der Waals surface area contributed by atoms with Crippen molar-refractivity contribution in [2.75, 3.05) is 31.5 Å². The lowest BCUT2D eigenvalue weighted by Crippen LogP contribution is -2.38. The minimum atomic E-state index is -3.47. The van der Waals surface area contributed by atoms with Crippen molar-refractivity contribution in [3.8, 4) is 17.3 Å². The molecule has 2 aliphatic heterocycles. The number of nitrogens with zero attached hydrogens (tertiary/aromatic N) is 5. The number of imidazole rings is 1. The fourth-order valence-corrected chi connectivity index (χ4v) is 8.44. The Morgan fingerprint density at radius 1 is 1.38 bits per heavy atom. The summed E-state index contributed by atoms with van der Waals surface area (Å²) in [7, 11) is -3.47. The van der Waals surface area contributed by atoms with Gasteiger partial charge in [0.25, 0.3) is 0 Å². The molecular formula is C25H29N7O3S2. The Morgan fingerprint density at radius 2 is 2.19 bits per heavy atom. The number of fused-ring (bicyclic) bond motifs is 1. The van der Waals surface area contributed by atoms with Gasteiger partial charge in [-0.3, -0.25) is 4.40 Å². The molecule has 0 aromatic carbocycles. The predicted molar refractivity (Wildman–Crippen MR) is 145 cm³/mol. The Labute approximate surface area is 220 Å². The average Bonchev–Trinajstić information content (AvgIpc) is 3.63. The number of hydrogen-bond donors (Lipinski definition) is 2. The van der Waals surface area contributed by atoms with E-state index in [1.165, 1.54) is 22.3 Å². The third-order valence-corrected chi connectivity index (χ3v) is 11.0. The molecule has 2 aliphatic rings. The molecule has 10 nitrogen and oxygen atoms in total. The molecule has 5 heterocycles. The van der Waals surface area contributed by atoms with E-state index in [-0.39, 0.29) is 11.7 Å². The Hall–Kier alpha value is -3.11. The maximum absolute atomic E-state index is 13.2. The van der Waals surface area contributed by atoms with Crippen molar-refractivity contribution in [3.05, 3.63) is 53.4 Å². The van der Waals surface area contributed by atoms with E-state index >= 15 is 0 Å². The smallest absolute Gasteiger partial charge is 0.227 e. The minimum Gasteiger partial charge on any atom is -0.453 e. The summed E-state index contributed by atoms with van der Waals surface area (Å²) in [6.07, 6.45) is 10.2. The van der Waals surface area contributed by atoms with Gasteiger partial charge in [-0.25, -0.2) is 22.7 Å². The van der Waals surface area contributed by atoms with Gasteiger partial charge < -0.3 is 15.1 Å². The Bertz CT molecular complexity index is 1530. The van der Waals surface area contributed by atoms with Gasteiger partial charge in [0.05, 0.1) is 22.6 Å². The molecule has 5 rings (SSSR count). The summed E-state index contributed by atoms with van der Waals surface area (Å²) >= 11 is 1.30. The molecule has 3 aromatic heterocycles. The van der Waals surface area contributed by atoms with Gasteiger partial charge in [-0.05, 0) is 24.6 Å². The number of nitriles is 1. The van der Waals surface area contributed by atoms with Crippen LogP contribution in [0.2, 0.25) is 0 Å². The molecule has 0 aliphatic carbocycles. The van der Waals surface area contributed by atoms with E-state index < -0.39 is 14.6 Å². The molecule has 37 heavy (non-hydrogen) atoms. The number of nitrogens with one attached hydrogen (secondary N) is 2. The highest BCUT2D eigenvalue weighted by Crippen LogP contribution is 2.41. The lowest BCUT2D eigenvalue weighted by atomic mass is 10.1. The first kappa shape index (κ1) is 25.5. The molecule has 0 amide bonds. The standard InChI is InChI=1S/C25H29N7O3S2/c1-4-31(5-2)37(33,34)25-16(3)9-22(36-25)30-23-24-28-13-21(18-10-19(11-26)35-15-18)32(24)14-20(29-23)17-7-6-8-27-12-17/h7,9-10,13-16,25,27H,4-6,8,12H2,1-3H3,(H,29,30). The number of furan rings is 1. The van der Waals surface area contributed by atoms with Crippen molar-refractivity contribution in [1.82, 2.24) is 24.0 Å². The summed E-state index contributed by atoms with van der Waals surface area (Å²) in [6.45, 7) is 8.13. The first-order chi connectivity index (χ1) is 17.8. The molecule has 194 valence electrons. The quantitative estimate of drug-likeness (QED) is 0.438. The van der Waals surface area contributed by atoms with Crippen molar-refractivity contribution in [2.45, 2.75) is 31.8 Å². The highest BCUT2D eigenvalue weighted by Gasteiger charge is 2.39. The third kappa shape index (κ3) is 4.80. The van der Waals surface area contributed by atoms with Gasteiger partial charge in [0, 0.05) is 43.4 Å². The molecule has 0 saturated carbocycles. The summed E-state index contributed by atoms with van der Waals surface area (Å²) in [5.74, 6) is 0.581. The van der Waals surface area contributed by atoms with E-state index in [1.54, 1.807) is 12.3 Å². The monoisotopic (exact) mass is 539 g/mol. The van der Waals surface area contributed by atoms with Crippen LogP contribution in [0.3, 0.4) is 0 Å². The zero-order chi connectivity index (χ0) is 26.2. The molecule has 0 radical (unpaired) electrons. The lowest BCUT2D eigenvalue weighted by molar-refractivity contribution is 0.439. The van der Waals surface area contributed by atoms with E-state index in [0.717, 1.165) is 40.5 Å². The van der Waals surface area contributed by atoms with Crippen LogP contribution in [0.25, 0.3) is 22.5 Å². The molecular weight excluding hydrogens is 510 g/mol. The second-order valence-electron chi connectivity index (χ2n) is 8.95. The Balaban J connectivity index is 1.53. The van der Waals surface area contributed by atoms with Crippen molar-refractivity contribution < 1.29 is 12.8 Å². The summed E-state index contributed by atoms with van der Waals surface area (Å²) in [5, 5.41) is 16.7. The molecule has 12 heteroatoms. The van der Waals surface area contributed by atoms with Crippen molar-refractivity contribution >= 4 is 38.8 Å². The second kappa shape index (κ2) is 10.3. The van der Waals surface area contributed by atoms with Gasteiger partial charge in [-0.1, -0.05) is 38.6 Å². The van der Waals surface area contributed by atoms with Crippen LogP contribution < -0.4 is 10.6 Å². The molecule has 0 saturated heterocycles. The topological polar surface area (TPSA) is 129 Å². The highest BCUT2D eigenvalue weighted by atomic mass is 32.3. The van der Waals surface area contributed by atoms with Crippen LogP contribution in [-0.4, -0.2) is 57.9 Å². The molecule has 2 atom stereocenters. The molecule has 2 N–H and O–H groups in total. The van der Waals surface area contributed by atoms with Crippen LogP contribution in [0.5, 0.6) is 0 Å². The fraction of sp³-hybridized carbons (Fsp3) is 0.400. The normalized spacial score (nSPS) is 20.2. The largest absolute Gasteiger partial charge is 0.453 e. The van der Waals surface area contributed by atoms with Crippen LogP contribution in [0.1, 0.15) is 38.6 Å². The zero-order valence-electron chi connectivity index (χ0n) is 20.9. The molecule has 0 bridgehead atoms. The lowest BCUT2D eigenvalue weighted by Gasteiger charge is -2.24. The second-order valence-corrected chi connectivity index (χ2v) is 12.5. The summed E-state index contributed by atoms with van der Waals surface area (Å²) in [4.78, 5) is 9.52. The first-order valence-corrected chi connectivity index (χ1v) is 14.7. The number of sulfonamides is 1. The number of allylic oxidation sites excluding steroid dienone is 1. The van der Waals surface area contributed by atoms with Gasteiger partial charge in [0.15, 0.2) is 11.5 Å². The number of rotatable bonds is 8. The van der Waals surface area contributed by atoms with Gasteiger partial charge >= 0.3 is 0 Å². The predicted octanol–water partition coefficient (Wildman–Crippen LogP) is 3.87. The summed E-state index contributed by atoms with van der Waals surface area (Å²) in [6, 6.07) is 3.69. The van der Waals surface area contributed by atoms with Gasteiger partial charge in [-0.2, -0.15) is 5.26 Å². The van der Waals surface area contributed by atoms with E-state index in [2.05, 4.69) is 21.7 Å². The van der Waals surface area contributed by atoms with Crippen molar-refractivity contribution in [1.29, 1.82) is 5.26 Å². The third-order valence-electron chi connectivity index (χ3n) is 6.54. The number of anilines is 1. The van der Waals surface area contributed by atoms with E-state index in [1.807, 2.05) is 43.5 Å². The van der Waals surface area contributed by atoms with Crippen molar-refractivity contribution in [3.63, 3.8) is 0 Å². The Kier molecular flexibility index (Phi) is 7.13. The van der Waals surface area contributed by atoms with Crippen LogP contribution in [0.15, 0.2) is 46.3 Å². The molecule has 0 spiro atoms. The van der Waals surface area contributed by atoms with Crippen LogP contribution in [0, 0.1) is 17.2 Å². The van der Waals surface area contributed by atoms with E-state index in [0.29, 0.717) is 31.1 Å². The van der Waals surface area contributed by atoms with E-state index in [4.69, 9.17) is 9.40 Å². The fourth-order valence-electron chi connectivity index (χ4n) is 4.65. The van der Waals surface area contributed by atoms with Crippen molar-refractivity contribution in [2.24, 2.45) is 5.92 Å². The SMILES string of the molecule is CCN(CC)S(=O)(=O)C1SC(Nc2nc(C3=CCCNC3)cn3c(-c4coc(C#N)c4)cnc23)=CC1C. The number of aromatic nitrogens is 3. The Morgan fingerprint density at radius 3 is 2.86 bits per heavy atom. The van der Waals surface area contributed by atoms with Crippen LogP contribution in [0.4, 0.5) is 5.82 Å². The summed E-state index contributed by atoms with van der Waals surface area (Å²) < 4.78 is 34.6. The minimum absolute atomic E-state index is 0.173. The van der Waals surface area contributed by atoms with Gasteiger partial charge in [0.1, 0.15) is 16.9 Å².